The number of ether oxygens (including phenoxy) is 1. The molecule has 0 atom stereocenters. The van der Waals surface area contributed by atoms with E-state index in [9.17, 15) is 9.59 Å². The van der Waals surface area contributed by atoms with Crippen molar-refractivity contribution in [2.75, 3.05) is 40.4 Å². The minimum Gasteiger partial charge on any atom is -0.385 e. The van der Waals surface area contributed by atoms with Gasteiger partial charge in [0.1, 0.15) is 0 Å². The van der Waals surface area contributed by atoms with Crippen LogP contribution in [0.1, 0.15) is 41.6 Å². The molecule has 0 radical (unpaired) electrons. The summed E-state index contributed by atoms with van der Waals surface area (Å²) in [7, 11) is 3.42. The van der Waals surface area contributed by atoms with Crippen LogP contribution in [0.4, 0.5) is 4.79 Å². The van der Waals surface area contributed by atoms with Gasteiger partial charge in [-0.1, -0.05) is 12.1 Å². The first-order chi connectivity index (χ1) is 12.1. The van der Waals surface area contributed by atoms with Crippen molar-refractivity contribution in [2.45, 2.75) is 32.2 Å². The number of nitrogens with zero attached hydrogens (tertiary/aromatic N) is 2. The van der Waals surface area contributed by atoms with Crippen LogP contribution in [-0.4, -0.2) is 62.1 Å². The van der Waals surface area contributed by atoms with E-state index in [1.807, 2.05) is 29.2 Å². The summed E-state index contributed by atoms with van der Waals surface area (Å²) in [6.45, 7) is 3.37. The molecule has 0 spiro atoms. The number of likely N-dealkylation sites (tertiary alicyclic amines) is 1. The van der Waals surface area contributed by atoms with Gasteiger partial charge in [-0.2, -0.15) is 0 Å². The van der Waals surface area contributed by atoms with E-state index < -0.39 is 0 Å². The maximum absolute atomic E-state index is 12.6. The van der Waals surface area contributed by atoms with Gasteiger partial charge in [-0.15, -0.1) is 0 Å². The zero-order valence-electron chi connectivity index (χ0n) is 15.3. The number of nitrogens with one attached hydrogen (secondary N) is 1. The third-order valence-corrected chi connectivity index (χ3v) is 4.45. The van der Waals surface area contributed by atoms with Crippen molar-refractivity contribution in [2.24, 2.45) is 0 Å². The molecule has 0 bridgehead atoms. The molecule has 1 aliphatic heterocycles. The van der Waals surface area contributed by atoms with E-state index in [-0.39, 0.29) is 11.9 Å². The number of methoxy groups -OCH3 is 1. The van der Waals surface area contributed by atoms with Crippen molar-refractivity contribution in [1.29, 1.82) is 0 Å². The average molecular weight is 347 g/mol. The van der Waals surface area contributed by atoms with Crippen molar-refractivity contribution >= 4 is 11.9 Å². The third kappa shape index (κ3) is 6.05. The molecule has 0 saturated carbocycles. The second-order valence-electron chi connectivity index (χ2n) is 6.48. The Kier molecular flexibility index (Phi) is 7.73. The zero-order chi connectivity index (χ0) is 18.1. The first-order valence-electron chi connectivity index (χ1n) is 8.98. The molecular formula is C19H29N3O3. The number of amides is 3. The van der Waals surface area contributed by atoms with Crippen molar-refractivity contribution in [3.05, 3.63) is 35.4 Å². The van der Waals surface area contributed by atoms with E-state index in [1.54, 1.807) is 19.1 Å². The number of piperidine rings is 1. The number of hydrogen-bond donors (Lipinski definition) is 1. The summed E-state index contributed by atoms with van der Waals surface area (Å²) in [4.78, 5) is 28.2. The van der Waals surface area contributed by atoms with Crippen LogP contribution >= 0.6 is 0 Å². The molecular weight excluding hydrogens is 318 g/mol. The van der Waals surface area contributed by atoms with Crippen LogP contribution in [0.15, 0.2) is 24.3 Å². The second-order valence-corrected chi connectivity index (χ2v) is 6.48. The molecule has 1 aliphatic rings. The van der Waals surface area contributed by atoms with Crippen LogP contribution in [-0.2, 0) is 11.3 Å². The predicted molar refractivity (Wildman–Crippen MR) is 97.6 cm³/mol. The largest absolute Gasteiger partial charge is 0.385 e. The minimum atomic E-state index is -0.121. The van der Waals surface area contributed by atoms with Gasteiger partial charge < -0.3 is 19.9 Å². The van der Waals surface area contributed by atoms with Gasteiger partial charge in [0.15, 0.2) is 0 Å². The monoisotopic (exact) mass is 347 g/mol. The van der Waals surface area contributed by atoms with E-state index >= 15 is 0 Å². The molecule has 2 rings (SSSR count). The van der Waals surface area contributed by atoms with E-state index in [0.717, 1.165) is 37.9 Å². The van der Waals surface area contributed by atoms with Crippen molar-refractivity contribution in [1.82, 2.24) is 15.1 Å². The Bertz CT molecular complexity index is 571. The Morgan fingerprint density at radius 2 is 2.00 bits per heavy atom. The molecule has 6 nitrogen and oxygen atoms in total. The Labute approximate surface area is 150 Å². The average Bonchev–Trinajstić information content (AvgIpc) is 2.66. The molecule has 0 unspecified atom stereocenters. The molecule has 25 heavy (non-hydrogen) atoms. The second kappa shape index (κ2) is 10.0. The van der Waals surface area contributed by atoms with E-state index in [4.69, 9.17) is 4.74 Å². The van der Waals surface area contributed by atoms with Crippen molar-refractivity contribution in [3.63, 3.8) is 0 Å². The molecule has 0 aliphatic carbocycles. The van der Waals surface area contributed by atoms with E-state index in [0.29, 0.717) is 25.3 Å². The highest BCUT2D eigenvalue weighted by Gasteiger charge is 2.18. The molecule has 138 valence electrons. The fourth-order valence-electron chi connectivity index (χ4n) is 2.95. The Hall–Kier alpha value is -2.08. The number of carbonyl (C=O) groups excluding carboxylic acids is 2. The van der Waals surface area contributed by atoms with E-state index in [2.05, 4.69) is 5.32 Å². The summed E-state index contributed by atoms with van der Waals surface area (Å²) >= 11 is 0. The highest BCUT2D eigenvalue weighted by Crippen LogP contribution is 2.14. The molecule has 1 N–H and O–H groups in total. The summed E-state index contributed by atoms with van der Waals surface area (Å²) < 4.78 is 4.99. The number of benzene rings is 1. The predicted octanol–water partition coefficient (Wildman–Crippen LogP) is 2.49. The number of rotatable bonds is 7. The summed E-state index contributed by atoms with van der Waals surface area (Å²) in [6, 6.07) is 7.41. The first kappa shape index (κ1) is 19.2. The molecule has 1 saturated heterocycles. The standard InChI is InChI=1S/C19H29N3O3/c1-21(10-7-13-25-2)19(24)20-15-16-8-6-9-17(14-16)18(23)22-11-4-3-5-12-22/h6,8-9,14H,3-5,7,10-13,15H2,1-2H3,(H,20,24). The lowest BCUT2D eigenvalue weighted by Crippen LogP contribution is -2.38. The van der Waals surface area contributed by atoms with Gasteiger partial charge in [0.25, 0.3) is 5.91 Å². The molecule has 6 heteroatoms. The topological polar surface area (TPSA) is 61.9 Å². The molecule has 1 aromatic carbocycles. The Morgan fingerprint density at radius 1 is 1.24 bits per heavy atom. The third-order valence-electron chi connectivity index (χ3n) is 4.45. The highest BCUT2D eigenvalue weighted by molar-refractivity contribution is 5.94. The number of urea groups is 1. The highest BCUT2D eigenvalue weighted by atomic mass is 16.5. The summed E-state index contributed by atoms with van der Waals surface area (Å²) in [5, 5.41) is 2.89. The van der Waals surface area contributed by atoms with E-state index in [1.165, 1.54) is 6.42 Å². The molecule has 1 heterocycles. The quantitative estimate of drug-likeness (QED) is 0.771. The van der Waals surface area contributed by atoms with Crippen LogP contribution in [0.3, 0.4) is 0 Å². The van der Waals surface area contributed by atoms with Crippen molar-refractivity contribution < 1.29 is 14.3 Å². The molecule has 1 fully saturated rings. The van der Waals surface area contributed by atoms with Crippen LogP contribution < -0.4 is 5.32 Å². The van der Waals surface area contributed by atoms with Gasteiger partial charge in [-0.3, -0.25) is 4.79 Å². The van der Waals surface area contributed by atoms with Crippen LogP contribution in [0.25, 0.3) is 0 Å². The van der Waals surface area contributed by atoms with Crippen LogP contribution in [0, 0.1) is 0 Å². The maximum atomic E-state index is 12.6. The first-order valence-corrected chi connectivity index (χ1v) is 8.98. The fourth-order valence-corrected chi connectivity index (χ4v) is 2.95. The normalized spacial score (nSPS) is 14.2. The Balaban J connectivity index is 1.86. The summed E-state index contributed by atoms with van der Waals surface area (Å²) in [6.07, 6.45) is 4.17. The zero-order valence-corrected chi connectivity index (χ0v) is 15.3. The van der Waals surface area contributed by atoms with Crippen molar-refractivity contribution in [3.8, 4) is 0 Å². The fraction of sp³-hybridized carbons (Fsp3) is 0.579. The van der Waals surface area contributed by atoms with Crippen LogP contribution in [0.5, 0.6) is 0 Å². The van der Waals surface area contributed by atoms with Crippen LogP contribution in [0.2, 0.25) is 0 Å². The van der Waals surface area contributed by atoms with Gasteiger partial charge >= 0.3 is 6.03 Å². The number of hydrogen-bond acceptors (Lipinski definition) is 3. The SMILES string of the molecule is COCCCN(C)C(=O)NCc1cccc(C(=O)N2CCCCC2)c1. The molecule has 0 aromatic heterocycles. The van der Waals surface area contributed by atoms with Gasteiger partial charge in [0.2, 0.25) is 0 Å². The lowest BCUT2D eigenvalue weighted by molar-refractivity contribution is 0.0724. The van der Waals surface area contributed by atoms with Gasteiger partial charge in [-0.25, -0.2) is 4.79 Å². The summed E-state index contributed by atoms with van der Waals surface area (Å²) in [5.74, 6) is 0.0876. The van der Waals surface area contributed by atoms with Gasteiger partial charge in [-0.05, 0) is 43.4 Å². The molecule has 1 aromatic rings. The lowest BCUT2D eigenvalue weighted by Gasteiger charge is -2.26. The minimum absolute atomic E-state index is 0.0876. The lowest BCUT2D eigenvalue weighted by atomic mass is 10.1. The molecule has 3 amide bonds. The maximum Gasteiger partial charge on any atom is 0.317 e. The summed E-state index contributed by atoms with van der Waals surface area (Å²) in [5.41, 5.74) is 1.63. The number of carbonyl (C=O) groups is 2. The smallest absolute Gasteiger partial charge is 0.317 e. The Morgan fingerprint density at radius 3 is 2.72 bits per heavy atom. The van der Waals surface area contributed by atoms with Gasteiger partial charge in [0.05, 0.1) is 0 Å². The van der Waals surface area contributed by atoms with Gasteiger partial charge in [0, 0.05) is 52.5 Å².